The van der Waals surface area contributed by atoms with Crippen molar-refractivity contribution in [3.05, 3.63) is 29.8 Å². The van der Waals surface area contributed by atoms with Gasteiger partial charge in [0.2, 0.25) is 0 Å². The van der Waals surface area contributed by atoms with Crippen molar-refractivity contribution < 1.29 is 4.79 Å². The standard InChI is InChI=1S/C13H18N6O/c1-18-8-10(14)12(17-18)13(20)19-6-2-3-9(7-19)11-4-5-15-16-11/h4-5,8-9H,2-3,6-7,14H2,1H3,(H,15,16). The lowest BCUT2D eigenvalue weighted by Crippen LogP contribution is -2.39. The third-order valence-corrected chi connectivity index (χ3v) is 3.73. The number of amides is 1. The van der Waals surface area contributed by atoms with Gasteiger partial charge >= 0.3 is 0 Å². The average Bonchev–Trinajstić information content (AvgIpc) is 3.08. The molecule has 1 unspecified atom stereocenters. The fourth-order valence-corrected chi connectivity index (χ4v) is 2.73. The maximum Gasteiger partial charge on any atom is 0.276 e. The molecule has 20 heavy (non-hydrogen) atoms. The van der Waals surface area contributed by atoms with E-state index in [2.05, 4.69) is 15.3 Å². The van der Waals surface area contributed by atoms with E-state index in [4.69, 9.17) is 5.73 Å². The Morgan fingerprint density at radius 2 is 2.40 bits per heavy atom. The number of nitrogens with two attached hydrogens (primary N) is 1. The minimum atomic E-state index is -0.0904. The van der Waals surface area contributed by atoms with E-state index < -0.39 is 0 Å². The number of aromatic amines is 1. The van der Waals surface area contributed by atoms with Gasteiger partial charge in [0.15, 0.2) is 5.69 Å². The van der Waals surface area contributed by atoms with Crippen LogP contribution < -0.4 is 5.73 Å². The second-order valence-corrected chi connectivity index (χ2v) is 5.21. The van der Waals surface area contributed by atoms with E-state index in [1.54, 1.807) is 24.1 Å². The van der Waals surface area contributed by atoms with Crippen LogP contribution in [-0.2, 0) is 7.05 Å². The second-order valence-electron chi connectivity index (χ2n) is 5.21. The lowest BCUT2D eigenvalue weighted by molar-refractivity contribution is 0.0700. The fraction of sp³-hybridized carbons (Fsp3) is 0.462. The van der Waals surface area contributed by atoms with E-state index in [0.29, 0.717) is 23.8 Å². The molecule has 7 heteroatoms. The SMILES string of the molecule is Cn1cc(N)c(C(=O)N2CCCC(c3ccn[nH]3)C2)n1. The van der Waals surface area contributed by atoms with Gasteiger partial charge in [-0.3, -0.25) is 14.6 Å². The topological polar surface area (TPSA) is 92.8 Å². The zero-order valence-corrected chi connectivity index (χ0v) is 11.4. The summed E-state index contributed by atoms with van der Waals surface area (Å²) in [6.07, 6.45) is 5.43. The summed E-state index contributed by atoms with van der Waals surface area (Å²) < 4.78 is 1.57. The van der Waals surface area contributed by atoms with Crippen molar-refractivity contribution in [2.24, 2.45) is 7.05 Å². The molecule has 1 saturated heterocycles. The van der Waals surface area contributed by atoms with Crippen LogP contribution in [0.3, 0.4) is 0 Å². The summed E-state index contributed by atoms with van der Waals surface area (Å²) >= 11 is 0. The number of piperidine rings is 1. The van der Waals surface area contributed by atoms with E-state index in [1.165, 1.54) is 0 Å². The number of H-pyrrole nitrogens is 1. The van der Waals surface area contributed by atoms with Gasteiger partial charge in [-0.05, 0) is 18.9 Å². The Hall–Kier alpha value is -2.31. The minimum Gasteiger partial charge on any atom is -0.396 e. The third-order valence-electron chi connectivity index (χ3n) is 3.73. The van der Waals surface area contributed by atoms with E-state index in [1.807, 2.05) is 11.0 Å². The first-order valence-electron chi connectivity index (χ1n) is 6.73. The molecule has 1 aliphatic rings. The van der Waals surface area contributed by atoms with Gasteiger partial charge in [-0.25, -0.2) is 0 Å². The summed E-state index contributed by atoms with van der Waals surface area (Å²) in [5, 5.41) is 11.1. The first-order valence-corrected chi connectivity index (χ1v) is 6.73. The number of aryl methyl sites for hydroxylation is 1. The van der Waals surface area contributed by atoms with Crippen molar-refractivity contribution in [2.75, 3.05) is 18.8 Å². The predicted molar refractivity (Wildman–Crippen MR) is 74.1 cm³/mol. The van der Waals surface area contributed by atoms with Gasteiger partial charge in [0, 0.05) is 44.1 Å². The maximum absolute atomic E-state index is 12.5. The first kappa shape index (κ1) is 12.7. The van der Waals surface area contributed by atoms with Gasteiger partial charge in [0.25, 0.3) is 5.91 Å². The van der Waals surface area contributed by atoms with Crippen molar-refractivity contribution in [1.82, 2.24) is 24.9 Å². The van der Waals surface area contributed by atoms with Crippen LogP contribution in [0.1, 0.15) is 34.9 Å². The van der Waals surface area contributed by atoms with Gasteiger partial charge in [-0.15, -0.1) is 0 Å². The fourth-order valence-electron chi connectivity index (χ4n) is 2.73. The lowest BCUT2D eigenvalue weighted by atomic mass is 9.94. The number of rotatable bonds is 2. The molecule has 0 spiro atoms. The quantitative estimate of drug-likeness (QED) is 0.845. The zero-order valence-electron chi connectivity index (χ0n) is 11.4. The van der Waals surface area contributed by atoms with Gasteiger partial charge in [0.1, 0.15) is 0 Å². The highest BCUT2D eigenvalue weighted by atomic mass is 16.2. The summed E-state index contributed by atoms with van der Waals surface area (Å²) in [5.41, 5.74) is 7.69. The van der Waals surface area contributed by atoms with Crippen LogP contribution in [0.5, 0.6) is 0 Å². The van der Waals surface area contributed by atoms with Crippen LogP contribution >= 0.6 is 0 Å². The molecule has 2 aromatic heterocycles. The number of nitrogen functional groups attached to an aromatic ring is 1. The van der Waals surface area contributed by atoms with E-state index in [0.717, 1.165) is 25.1 Å². The number of nitrogens with zero attached hydrogens (tertiary/aromatic N) is 4. The number of hydrogen-bond acceptors (Lipinski definition) is 4. The van der Waals surface area contributed by atoms with Crippen molar-refractivity contribution in [3.8, 4) is 0 Å². The molecule has 3 N–H and O–H groups in total. The number of hydrogen-bond donors (Lipinski definition) is 2. The number of aromatic nitrogens is 4. The summed E-state index contributed by atoms with van der Waals surface area (Å²) in [5.74, 6) is 0.215. The molecule has 3 heterocycles. The van der Waals surface area contributed by atoms with Gasteiger partial charge in [-0.2, -0.15) is 10.2 Å². The Labute approximate surface area is 116 Å². The van der Waals surface area contributed by atoms with Crippen LogP contribution in [-0.4, -0.2) is 43.9 Å². The number of likely N-dealkylation sites (tertiary alicyclic amines) is 1. The van der Waals surface area contributed by atoms with Gasteiger partial charge in [0.05, 0.1) is 5.69 Å². The van der Waals surface area contributed by atoms with Crippen LogP contribution in [0.4, 0.5) is 5.69 Å². The molecule has 0 aliphatic carbocycles. The Kier molecular flexibility index (Phi) is 3.17. The Bertz CT molecular complexity index is 602. The molecular formula is C13H18N6O. The van der Waals surface area contributed by atoms with Gasteiger partial charge in [-0.1, -0.05) is 0 Å². The molecule has 1 amide bonds. The molecule has 1 aliphatic heterocycles. The lowest BCUT2D eigenvalue weighted by Gasteiger charge is -2.31. The number of nitrogens with one attached hydrogen (secondary N) is 1. The molecule has 0 saturated carbocycles. The highest BCUT2D eigenvalue weighted by molar-refractivity contribution is 5.97. The molecular weight excluding hydrogens is 256 g/mol. The average molecular weight is 274 g/mol. The highest BCUT2D eigenvalue weighted by Gasteiger charge is 2.28. The summed E-state index contributed by atoms with van der Waals surface area (Å²) in [4.78, 5) is 14.3. The molecule has 7 nitrogen and oxygen atoms in total. The van der Waals surface area contributed by atoms with Crippen LogP contribution in [0.25, 0.3) is 0 Å². The van der Waals surface area contributed by atoms with Crippen molar-refractivity contribution in [1.29, 1.82) is 0 Å². The molecule has 106 valence electrons. The molecule has 0 radical (unpaired) electrons. The predicted octanol–water partition coefficient (Wildman–Crippen LogP) is 0.745. The van der Waals surface area contributed by atoms with Crippen LogP contribution in [0.2, 0.25) is 0 Å². The summed E-state index contributed by atoms with van der Waals surface area (Å²) in [6, 6.07) is 1.97. The molecule has 1 atom stereocenters. The normalized spacial score (nSPS) is 19.2. The summed E-state index contributed by atoms with van der Waals surface area (Å²) in [7, 11) is 1.76. The van der Waals surface area contributed by atoms with Gasteiger partial charge < -0.3 is 10.6 Å². The number of carbonyl (C=O) groups is 1. The molecule has 3 rings (SSSR count). The zero-order chi connectivity index (χ0) is 14.1. The minimum absolute atomic E-state index is 0.0904. The van der Waals surface area contributed by atoms with E-state index in [9.17, 15) is 4.79 Å². The largest absolute Gasteiger partial charge is 0.396 e. The Morgan fingerprint density at radius 1 is 1.55 bits per heavy atom. The number of carbonyl (C=O) groups excluding carboxylic acids is 1. The molecule has 0 aromatic carbocycles. The molecule has 1 fully saturated rings. The van der Waals surface area contributed by atoms with E-state index >= 15 is 0 Å². The van der Waals surface area contributed by atoms with Crippen LogP contribution in [0, 0.1) is 0 Å². The highest BCUT2D eigenvalue weighted by Crippen LogP contribution is 2.26. The van der Waals surface area contributed by atoms with Crippen molar-refractivity contribution >= 4 is 11.6 Å². The monoisotopic (exact) mass is 274 g/mol. The first-order chi connectivity index (χ1) is 9.65. The van der Waals surface area contributed by atoms with Crippen molar-refractivity contribution in [2.45, 2.75) is 18.8 Å². The Morgan fingerprint density at radius 3 is 3.05 bits per heavy atom. The molecule has 2 aromatic rings. The summed E-state index contributed by atoms with van der Waals surface area (Å²) in [6.45, 7) is 1.43. The van der Waals surface area contributed by atoms with E-state index in [-0.39, 0.29) is 5.91 Å². The van der Waals surface area contributed by atoms with Crippen LogP contribution in [0.15, 0.2) is 18.5 Å². The second kappa shape index (κ2) is 4.99. The Balaban J connectivity index is 1.77. The third kappa shape index (κ3) is 2.26. The molecule has 0 bridgehead atoms. The number of anilines is 1. The smallest absolute Gasteiger partial charge is 0.276 e. The maximum atomic E-state index is 12.5. The van der Waals surface area contributed by atoms with Crippen molar-refractivity contribution in [3.63, 3.8) is 0 Å².